The molecule has 0 unspecified atom stereocenters. The molecule has 0 aromatic carbocycles. The summed E-state index contributed by atoms with van der Waals surface area (Å²) in [6.45, 7) is 0. The van der Waals surface area contributed by atoms with Gasteiger partial charge in [-0.15, -0.1) is 0 Å². The third kappa shape index (κ3) is 1.98. The molecule has 2 heteroatoms. The van der Waals surface area contributed by atoms with Crippen LogP contribution in [0.5, 0.6) is 0 Å². The molecule has 1 aromatic rings. The van der Waals surface area contributed by atoms with Crippen LogP contribution in [0.2, 0.25) is 0 Å². The third-order valence-electron chi connectivity index (χ3n) is 0.425. The topological polar surface area (TPSA) is 0 Å². The van der Waals surface area contributed by atoms with Crippen molar-refractivity contribution in [2.45, 2.75) is 0 Å². The van der Waals surface area contributed by atoms with Crippen molar-refractivity contribution in [2.75, 3.05) is 0 Å². The minimum atomic E-state index is 0. The van der Waals surface area contributed by atoms with E-state index in [1.807, 2.05) is 22.9 Å². The van der Waals surface area contributed by atoms with Gasteiger partial charge in [0.05, 0.1) is 0 Å². The van der Waals surface area contributed by atoms with Crippen molar-refractivity contribution >= 4 is 11.3 Å². The van der Waals surface area contributed by atoms with Gasteiger partial charge >= 0.3 is 29.6 Å². The number of hydrogen-bond donors (Lipinski definition) is 0. The van der Waals surface area contributed by atoms with Crippen molar-refractivity contribution < 1.29 is 29.6 Å². The zero-order valence-corrected chi connectivity index (χ0v) is 6.53. The molecule has 0 nitrogen and oxygen atoms in total. The van der Waals surface area contributed by atoms with E-state index in [9.17, 15) is 0 Å². The molecule has 1 rings (SSSR count). The Labute approximate surface area is 63.5 Å². The molecule has 0 aliphatic heterocycles. The minimum Gasteiger partial charge on any atom is -0.152 e. The van der Waals surface area contributed by atoms with E-state index in [1.165, 1.54) is 0 Å². The van der Waals surface area contributed by atoms with E-state index in [0.717, 1.165) is 0 Å². The smallest absolute Gasteiger partial charge is 0.152 e. The standard InChI is InChI=1S/C4H4S.Na/c1-2-4-5-3-1;/h1-4H;/q;+1. The Morgan fingerprint density at radius 1 is 1.00 bits per heavy atom. The second kappa shape index (κ2) is 3.88. The molecule has 1 heterocycles. The summed E-state index contributed by atoms with van der Waals surface area (Å²) in [4.78, 5) is 0. The first kappa shape index (κ1) is 6.70. The summed E-state index contributed by atoms with van der Waals surface area (Å²) in [5.74, 6) is 0. The monoisotopic (exact) mass is 107 g/mol. The first-order valence-corrected chi connectivity index (χ1v) is 2.41. The van der Waals surface area contributed by atoms with Crippen molar-refractivity contribution in [2.24, 2.45) is 0 Å². The van der Waals surface area contributed by atoms with Crippen LogP contribution in [-0.4, -0.2) is 0 Å². The van der Waals surface area contributed by atoms with Crippen LogP contribution < -0.4 is 29.6 Å². The quantitative estimate of drug-likeness (QED) is 0.363. The molecule has 0 radical (unpaired) electrons. The second-order valence-corrected chi connectivity index (χ2v) is 1.61. The minimum absolute atomic E-state index is 0. The van der Waals surface area contributed by atoms with Gasteiger partial charge in [0, 0.05) is 0 Å². The molecule has 0 N–H and O–H groups in total. The molecule has 0 saturated carbocycles. The predicted molar refractivity (Wildman–Crippen MR) is 24.3 cm³/mol. The zero-order chi connectivity index (χ0) is 3.54. The summed E-state index contributed by atoms with van der Waals surface area (Å²) < 4.78 is 0. The summed E-state index contributed by atoms with van der Waals surface area (Å²) in [7, 11) is 0. The van der Waals surface area contributed by atoms with Crippen LogP contribution in [0.4, 0.5) is 0 Å². The fraction of sp³-hybridized carbons (Fsp3) is 0. The van der Waals surface area contributed by atoms with Gasteiger partial charge < -0.3 is 0 Å². The summed E-state index contributed by atoms with van der Waals surface area (Å²) in [5, 5.41) is 4.08. The van der Waals surface area contributed by atoms with Crippen molar-refractivity contribution in [1.82, 2.24) is 0 Å². The molecule has 26 valence electrons. The van der Waals surface area contributed by atoms with Gasteiger partial charge in [-0.2, -0.15) is 11.3 Å². The maximum Gasteiger partial charge on any atom is 1.00 e. The Hall–Kier alpha value is 0.700. The van der Waals surface area contributed by atoms with Crippen molar-refractivity contribution in [3.05, 3.63) is 22.9 Å². The van der Waals surface area contributed by atoms with Gasteiger partial charge in [0.25, 0.3) is 0 Å². The molecule has 0 atom stereocenters. The Kier molecular flexibility index (Phi) is 4.33. The van der Waals surface area contributed by atoms with Gasteiger partial charge in [-0.05, 0) is 10.8 Å². The van der Waals surface area contributed by atoms with E-state index in [0.29, 0.717) is 0 Å². The average Bonchev–Trinajstić information content (AvgIpc) is 1.76. The van der Waals surface area contributed by atoms with E-state index in [1.54, 1.807) is 11.3 Å². The number of hydrogen-bond acceptors (Lipinski definition) is 1. The number of rotatable bonds is 0. The van der Waals surface area contributed by atoms with Crippen LogP contribution in [0.25, 0.3) is 0 Å². The van der Waals surface area contributed by atoms with Crippen LogP contribution in [0.1, 0.15) is 0 Å². The fourth-order valence-electron chi connectivity index (χ4n) is 0.227. The van der Waals surface area contributed by atoms with Crippen LogP contribution >= 0.6 is 11.3 Å². The van der Waals surface area contributed by atoms with Crippen molar-refractivity contribution in [3.63, 3.8) is 0 Å². The van der Waals surface area contributed by atoms with Gasteiger partial charge in [0.1, 0.15) is 0 Å². The molecule has 0 saturated heterocycles. The summed E-state index contributed by atoms with van der Waals surface area (Å²) in [6, 6.07) is 4.04. The van der Waals surface area contributed by atoms with Crippen molar-refractivity contribution in [3.8, 4) is 0 Å². The largest absolute Gasteiger partial charge is 1.00 e. The van der Waals surface area contributed by atoms with E-state index in [-0.39, 0.29) is 29.6 Å². The Morgan fingerprint density at radius 3 is 1.67 bits per heavy atom. The van der Waals surface area contributed by atoms with Gasteiger partial charge in [-0.25, -0.2) is 0 Å². The average molecular weight is 107 g/mol. The summed E-state index contributed by atoms with van der Waals surface area (Å²) in [5.41, 5.74) is 0. The van der Waals surface area contributed by atoms with E-state index in [4.69, 9.17) is 0 Å². The molecule has 1 aromatic heterocycles. The van der Waals surface area contributed by atoms with Gasteiger partial charge in [0.15, 0.2) is 0 Å². The summed E-state index contributed by atoms with van der Waals surface area (Å²) >= 11 is 1.71. The van der Waals surface area contributed by atoms with Crippen molar-refractivity contribution in [1.29, 1.82) is 0 Å². The molecule has 0 spiro atoms. The van der Waals surface area contributed by atoms with Crippen LogP contribution in [0.3, 0.4) is 0 Å². The van der Waals surface area contributed by atoms with E-state index in [2.05, 4.69) is 0 Å². The third-order valence-corrected chi connectivity index (χ3v) is 1.05. The van der Waals surface area contributed by atoms with E-state index >= 15 is 0 Å². The Balaban J connectivity index is 0.000000250. The zero-order valence-electron chi connectivity index (χ0n) is 3.72. The first-order chi connectivity index (χ1) is 2.50. The van der Waals surface area contributed by atoms with Crippen LogP contribution in [-0.2, 0) is 0 Å². The van der Waals surface area contributed by atoms with Gasteiger partial charge in [-0.1, -0.05) is 12.1 Å². The second-order valence-electron chi connectivity index (χ2n) is 0.793. The normalized spacial score (nSPS) is 6.67. The Morgan fingerprint density at radius 2 is 1.50 bits per heavy atom. The van der Waals surface area contributed by atoms with E-state index < -0.39 is 0 Å². The molecule has 0 amide bonds. The maximum atomic E-state index is 2.04. The van der Waals surface area contributed by atoms with Gasteiger partial charge in [0.2, 0.25) is 0 Å². The summed E-state index contributed by atoms with van der Waals surface area (Å²) in [6.07, 6.45) is 0. The molecule has 0 bridgehead atoms. The SMILES string of the molecule is [Na+].c1ccsc1. The first-order valence-electron chi connectivity index (χ1n) is 1.47. The molecule has 6 heavy (non-hydrogen) atoms. The molecule has 0 aliphatic rings. The number of thiophene rings is 1. The van der Waals surface area contributed by atoms with Crippen LogP contribution in [0.15, 0.2) is 22.9 Å². The van der Waals surface area contributed by atoms with Gasteiger partial charge in [-0.3, -0.25) is 0 Å². The molecule has 0 fully saturated rings. The maximum absolute atomic E-state index is 2.04. The molecular weight excluding hydrogens is 103 g/mol. The predicted octanol–water partition coefficient (Wildman–Crippen LogP) is -1.25. The molecule has 0 aliphatic carbocycles. The van der Waals surface area contributed by atoms with Crippen LogP contribution in [0, 0.1) is 0 Å². The fourth-order valence-corrected chi connectivity index (χ4v) is 0.680. The molecular formula is C4H4NaS+. The Bertz CT molecular complexity index is 64.0.